The second-order valence-electron chi connectivity index (χ2n) is 6.47. The third kappa shape index (κ3) is 4.33. The normalized spacial score (nSPS) is 19.4. The van der Waals surface area contributed by atoms with Gasteiger partial charge >= 0.3 is 0 Å². The molecule has 0 spiro atoms. The number of hydrogen-bond acceptors (Lipinski definition) is 3. The van der Waals surface area contributed by atoms with Gasteiger partial charge < -0.3 is 15.4 Å². The zero-order valence-electron chi connectivity index (χ0n) is 14.6. The molecule has 1 saturated heterocycles. The molecular formula is C20H25ClN2O2. The van der Waals surface area contributed by atoms with E-state index in [0.717, 1.165) is 16.9 Å². The number of methoxy groups -OCH3 is 1. The highest BCUT2D eigenvalue weighted by Gasteiger charge is 2.33. The van der Waals surface area contributed by atoms with Crippen LogP contribution < -0.4 is 10.5 Å². The van der Waals surface area contributed by atoms with Gasteiger partial charge in [0.05, 0.1) is 13.5 Å². The van der Waals surface area contributed by atoms with E-state index in [9.17, 15) is 4.79 Å². The molecule has 5 heteroatoms. The van der Waals surface area contributed by atoms with Gasteiger partial charge in [-0.15, -0.1) is 12.4 Å². The first kappa shape index (κ1) is 19.3. The number of amides is 1. The Bertz CT molecular complexity index is 721. The maximum atomic E-state index is 12.7. The SMILES string of the molecule is COc1ccc(C)cc1CC(=O)N1C[C@@H](N)[C@H](c2ccccc2)C1.Cl. The van der Waals surface area contributed by atoms with Crippen LogP contribution in [0.15, 0.2) is 48.5 Å². The summed E-state index contributed by atoms with van der Waals surface area (Å²) >= 11 is 0. The van der Waals surface area contributed by atoms with Crippen molar-refractivity contribution in [2.75, 3.05) is 20.2 Å². The van der Waals surface area contributed by atoms with E-state index in [4.69, 9.17) is 10.5 Å². The van der Waals surface area contributed by atoms with Crippen LogP contribution in [0.4, 0.5) is 0 Å². The van der Waals surface area contributed by atoms with Crippen molar-refractivity contribution in [3.63, 3.8) is 0 Å². The molecule has 2 atom stereocenters. The summed E-state index contributed by atoms with van der Waals surface area (Å²) in [5, 5.41) is 0. The van der Waals surface area contributed by atoms with Crippen LogP contribution in [-0.4, -0.2) is 37.0 Å². The van der Waals surface area contributed by atoms with Crippen molar-refractivity contribution >= 4 is 18.3 Å². The minimum absolute atomic E-state index is 0. The average Bonchev–Trinajstić information content (AvgIpc) is 2.98. The van der Waals surface area contributed by atoms with Gasteiger partial charge in [-0.3, -0.25) is 4.79 Å². The van der Waals surface area contributed by atoms with E-state index in [2.05, 4.69) is 12.1 Å². The second-order valence-corrected chi connectivity index (χ2v) is 6.47. The van der Waals surface area contributed by atoms with Gasteiger partial charge in [0.25, 0.3) is 0 Å². The summed E-state index contributed by atoms with van der Waals surface area (Å²) < 4.78 is 5.38. The van der Waals surface area contributed by atoms with E-state index in [0.29, 0.717) is 19.5 Å². The first-order chi connectivity index (χ1) is 11.6. The van der Waals surface area contributed by atoms with E-state index in [1.54, 1.807) is 7.11 Å². The number of benzene rings is 2. The fourth-order valence-corrected chi connectivity index (χ4v) is 3.41. The third-order valence-electron chi connectivity index (χ3n) is 4.72. The van der Waals surface area contributed by atoms with Crippen molar-refractivity contribution in [2.45, 2.75) is 25.3 Å². The molecule has 0 aliphatic carbocycles. The highest BCUT2D eigenvalue weighted by molar-refractivity contribution is 5.85. The monoisotopic (exact) mass is 360 g/mol. The van der Waals surface area contributed by atoms with Crippen molar-refractivity contribution in [3.05, 3.63) is 65.2 Å². The third-order valence-corrected chi connectivity index (χ3v) is 4.72. The van der Waals surface area contributed by atoms with Gasteiger partial charge in [0.15, 0.2) is 0 Å². The Labute approximate surface area is 155 Å². The van der Waals surface area contributed by atoms with Crippen LogP contribution in [0.2, 0.25) is 0 Å². The Balaban J connectivity index is 0.00000225. The minimum atomic E-state index is -0.0178. The molecule has 25 heavy (non-hydrogen) atoms. The molecule has 1 aliphatic heterocycles. The minimum Gasteiger partial charge on any atom is -0.496 e. The largest absolute Gasteiger partial charge is 0.496 e. The van der Waals surface area contributed by atoms with Gasteiger partial charge in [0.1, 0.15) is 5.75 Å². The number of carbonyl (C=O) groups is 1. The lowest BCUT2D eigenvalue weighted by atomic mass is 9.95. The molecule has 134 valence electrons. The number of likely N-dealkylation sites (tertiary alicyclic amines) is 1. The second kappa shape index (κ2) is 8.37. The molecule has 1 heterocycles. The highest BCUT2D eigenvalue weighted by Crippen LogP contribution is 2.28. The quantitative estimate of drug-likeness (QED) is 0.912. The Morgan fingerprint density at radius 1 is 1.20 bits per heavy atom. The number of nitrogens with zero attached hydrogens (tertiary/aromatic N) is 1. The molecule has 3 rings (SSSR count). The molecule has 0 saturated carbocycles. The Morgan fingerprint density at radius 2 is 1.92 bits per heavy atom. The smallest absolute Gasteiger partial charge is 0.227 e. The van der Waals surface area contributed by atoms with Crippen LogP contribution in [0, 0.1) is 6.92 Å². The van der Waals surface area contributed by atoms with Crippen LogP contribution >= 0.6 is 12.4 Å². The van der Waals surface area contributed by atoms with Gasteiger partial charge in [-0.1, -0.05) is 48.0 Å². The number of rotatable bonds is 4. The Morgan fingerprint density at radius 3 is 2.60 bits per heavy atom. The average molecular weight is 361 g/mol. The molecule has 0 radical (unpaired) electrons. The molecule has 1 fully saturated rings. The molecule has 1 amide bonds. The predicted octanol–water partition coefficient (Wildman–Crippen LogP) is 2.92. The topological polar surface area (TPSA) is 55.6 Å². The predicted molar refractivity (Wildman–Crippen MR) is 102 cm³/mol. The lowest BCUT2D eigenvalue weighted by Crippen LogP contribution is -2.33. The highest BCUT2D eigenvalue weighted by atomic mass is 35.5. The summed E-state index contributed by atoms with van der Waals surface area (Å²) in [7, 11) is 1.63. The van der Waals surface area contributed by atoms with Crippen molar-refractivity contribution in [1.82, 2.24) is 4.90 Å². The first-order valence-electron chi connectivity index (χ1n) is 8.30. The zero-order chi connectivity index (χ0) is 17.1. The zero-order valence-corrected chi connectivity index (χ0v) is 15.5. The molecule has 2 aromatic rings. The van der Waals surface area contributed by atoms with Crippen molar-refractivity contribution in [1.29, 1.82) is 0 Å². The number of hydrogen-bond donors (Lipinski definition) is 1. The standard InChI is InChI=1S/C20H24N2O2.ClH/c1-14-8-9-19(24-2)16(10-14)11-20(23)22-12-17(18(21)13-22)15-6-4-3-5-7-15;/h3-10,17-18H,11-13,21H2,1-2H3;1H/t17-,18+;/m0./s1. The van der Waals surface area contributed by atoms with E-state index < -0.39 is 0 Å². The molecule has 2 N–H and O–H groups in total. The van der Waals surface area contributed by atoms with E-state index in [1.807, 2.05) is 48.2 Å². The molecule has 0 aromatic heterocycles. The van der Waals surface area contributed by atoms with Crippen molar-refractivity contribution in [3.8, 4) is 5.75 Å². The number of aryl methyl sites for hydroxylation is 1. The number of carbonyl (C=O) groups excluding carboxylic acids is 1. The summed E-state index contributed by atoms with van der Waals surface area (Å²) in [6.45, 7) is 3.30. The van der Waals surface area contributed by atoms with Crippen LogP contribution in [0.1, 0.15) is 22.6 Å². The van der Waals surface area contributed by atoms with Gasteiger partial charge in [0, 0.05) is 30.6 Å². The van der Waals surface area contributed by atoms with Crippen LogP contribution in [0.3, 0.4) is 0 Å². The summed E-state index contributed by atoms with van der Waals surface area (Å²) in [4.78, 5) is 14.6. The molecule has 1 aliphatic rings. The van der Waals surface area contributed by atoms with Crippen LogP contribution in [0.5, 0.6) is 5.75 Å². The summed E-state index contributed by atoms with van der Waals surface area (Å²) in [6, 6.07) is 16.1. The van der Waals surface area contributed by atoms with Gasteiger partial charge in [-0.05, 0) is 18.6 Å². The van der Waals surface area contributed by atoms with Gasteiger partial charge in [-0.25, -0.2) is 0 Å². The number of ether oxygens (including phenoxy) is 1. The molecule has 0 bridgehead atoms. The van der Waals surface area contributed by atoms with Gasteiger partial charge in [-0.2, -0.15) is 0 Å². The first-order valence-corrected chi connectivity index (χ1v) is 8.30. The van der Waals surface area contributed by atoms with Crippen LogP contribution in [0.25, 0.3) is 0 Å². The van der Waals surface area contributed by atoms with E-state index >= 15 is 0 Å². The Hall–Kier alpha value is -2.04. The molecular weight excluding hydrogens is 336 g/mol. The van der Waals surface area contributed by atoms with Gasteiger partial charge in [0.2, 0.25) is 5.91 Å². The summed E-state index contributed by atoms with van der Waals surface area (Å²) in [5.41, 5.74) is 9.55. The maximum absolute atomic E-state index is 12.7. The van der Waals surface area contributed by atoms with Crippen molar-refractivity contribution < 1.29 is 9.53 Å². The molecule has 0 unspecified atom stereocenters. The van der Waals surface area contributed by atoms with Crippen molar-refractivity contribution in [2.24, 2.45) is 5.73 Å². The molecule has 2 aromatic carbocycles. The fraction of sp³-hybridized carbons (Fsp3) is 0.350. The lowest BCUT2D eigenvalue weighted by molar-refractivity contribution is -0.129. The number of halogens is 1. The fourth-order valence-electron chi connectivity index (χ4n) is 3.41. The van der Waals surface area contributed by atoms with E-state index in [-0.39, 0.29) is 30.3 Å². The lowest BCUT2D eigenvalue weighted by Gasteiger charge is -2.18. The van der Waals surface area contributed by atoms with Crippen LogP contribution in [-0.2, 0) is 11.2 Å². The summed E-state index contributed by atoms with van der Waals surface area (Å²) in [5.74, 6) is 1.07. The Kier molecular flexibility index (Phi) is 6.45. The summed E-state index contributed by atoms with van der Waals surface area (Å²) in [6.07, 6.45) is 0.346. The number of nitrogens with two attached hydrogens (primary N) is 1. The molecule has 4 nitrogen and oxygen atoms in total. The van der Waals surface area contributed by atoms with E-state index in [1.165, 1.54) is 5.56 Å². The maximum Gasteiger partial charge on any atom is 0.227 e.